The van der Waals surface area contributed by atoms with Gasteiger partial charge in [-0.3, -0.25) is 0 Å². The van der Waals surface area contributed by atoms with Crippen LogP contribution in [0.15, 0.2) is 36.5 Å². The van der Waals surface area contributed by atoms with Crippen molar-refractivity contribution < 1.29 is 10.2 Å². The largest absolute Gasteiger partial charge is 0.390 e. The number of aliphatic hydroxyl groups is 2. The van der Waals surface area contributed by atoms with Crippen molar-refractivity contribution in [2.24, 2.45) is 0 Å². The fourth-order valence-corrected chi connectivity index (χ4v) is 1.26. The fraction of sp³-hybridized carbons (Fsp3) is 0.467. The molecule has 0 rings (SSSR count). The van der Waals surface area contributed by atoms with Gasteiger partial charge in [-0.25, -0.2) is 0 Å². The first-order valence-corrected chi connectivity index (χ1v) is 5.99. The van der Waals surface area contributed by atoms with Crippen LogP contribution in [0.25, 0.3) is 0 Å². The molecule has 0 aromatic carbocycles. The van der Waals surface area contributed by atoms with E-state index in [0.717, 1.165) is 12.8 Å². The summed E-state index contributed by atoms with van der Waals surface area (Å²) < 4.78 is 0. The highest BCUT2D eigenvalue weighted by Gasteiger charge is 2.12. The van der Waals surface area contributed by atoms with Gasteiger partial charge in [0.1, 0.15) is 0 Å². The third kappa shape index (κ3) is 9.62. The van der Waals surface area contributed by atoms with Gasteiger partial charge in [-0.2, -0.15) is 0 Å². The maximum absolute atomic E-state index is 9.61. The molecule has 0 heterocycles. The second-order valence-electron chi connectivity index (χ2n) is 3.76. The van der Waals surface area contributed by atoms with E-state index in [2.05, 4.69) is 25.0 Å². The van der Waals surface area contributed by atoms with Gasteiger partial charge in [0.05, 0.1) is 12.2 Å². The molecule has 2 atom stereocenters. The van der Waals surface area contributed by atoms with E-state index in [1.807, 2.05) is 12.2 Å². The lowest BCUT2D eigenvalue weighted by molar-refractivity contribution is 0.0238. The highest BCUT2D eigenvalue weighted by atomic mass is 16.3. The van der Waals surface area contributed by atoms with Gasteiger partial charge >= 0.3 is 0 Å². The van der Waals surface area contributed by atoms with Crippen LogP contribution >= 0.6 is 0 Å². The van der Waals surface area contributed by atoms with Gasteiger partial charge in [-0.05, 0) is 31.8 Å². The Hall–Kier alpha value is -1.30. The van der Waals surface area contributed by atoms with E-state index >= 15 is 0 Å². The predicted octanol–water partition coefficient (Wildman–Crippen LogP) is 2.59. The Bertz CT molecular complexity index is 295. The third-order valence-electron chi connectivity index (χ3n) is 2.25. The highest BCUT2D eigenvalue weighted by molar-refractivity contribution is 5.09. The molecule has 0 saturated carbocycles. The summed E-state index contributed by atoms with van der Waals surface area (Å²) in [7, 11) is 0. The average Bonchev–Trinajstić information content (AvgIpc) is 2.33. The van der Waals surface area contributed by atoms with Gasteiger partial charge in [0.15, 0.2) is 0 Å². The lowest BCUT2D eigenvalue weighted by Crippen LogP contribution is -2.24. The summed E-state index contributed by atoms with van der Waals surface area (Å²) in [6, 6.07) is 0. The summed E-state index contributed by atoms with van der Waals surface area (Å²) in [5, 5.41) is 19.2. The molecule has 2 heteroatoms. The number of rotatable bonds is 8. The summed E-state index contributed by atoms with van der Waals surface area (Å²) in [6.45, 7) is 2.09. The summed E-state index contributed by atoms with van der Waals surface area (Å²) in [6.07, 6.45) is 17.6. The smallest absolute Gasteiger partial charge is 0.0836 e. The van der Waals surface area contributed by atoms with Crippen LogP contribution in [0.5, 0.6) is 0 Å². The zero-order valence-corrected chi connectivity index (χ0v) is 10.4. The standard InChI is InChI=1S/C15H22O2/c1-3-5-7-8-9-11-13-15(17)14(16)12-10-6-4-2/h2,5-7,9-11,14-17H,3,8,12-13H2,1H3/b7-5-,10-6+,11-9-/t14-,15-/m0/s1. The Balaban J connectivity index is 3.77. The Morgan fingerprint density at radius 3 is 2.18 bits per heavy atom. The van der Waals surface area contributed by atoms with Crippen molar-refractivity contribution in [3.05, 3.63) is 36.5 Å². The summed E-state index contributed by atoms with van der Waals surface area (Å²) >= 11 is 0. The van der Waals surface area contributed by atoms with E-state index in [9.17, 15) is 10.2 Å². The fourth-order valence-electron chi connectivity index (χ4n) is 1.26. The van der Waals surface area contributed by atoms with Gasteiger partial charge in [-0.15, -0.1) is 6.42 Å². The zero-order chi connectivity index (χ0) is 12.9. The third-order valence-corrected chi connectivity index (χ3v) is 2.25. The molecule has 0 unspecified atom stereocenters. The molecular weight excluding hydrogens is 212 g/mol. The normalized spacial score (nSPS) is 15.6. The number of hydrogen-bond donors (Lipinski definition) is 2. The number of allylic oxidation sites excluding steroid dienone is 4. The SMILES string of the molecule is C#C/C=C/C[C@H](O)[C@@H](O)C/C=C\C/C=C\CC. The van der Waals surface area contributed by atoms with Gasteiger partial charge in [0, 0.05) is 0 Å². The van der Waals surface area contributed by atoms with Crippen molar-refractivity contribution in [1.29, 1.82) is 0 Å². The minimum atomic E-state index is -0.754. The molecule has 2 N–H and O–H groups in total. The van der Waals surface area contributed by atoms with Crippen LogP contribution in [-0.2, 0) is 0 Å². The molecule has 0 aliphatic carbocycles. The lowest BCUT2D eigenvalue weighted by atomic mass is 10.1. The number of hydrogen-bond acceptors (Lipinski definition) is 2. The molecule has 0 saturated heterocycles. The first kappa shape index (κ1) is 15.7. The molecule has 0 aromatic heterocycles. The maximum Gasteiger partial charge on any atom is 0.0836 e. The number of terminal acetylenes is 1. The predicted molar refractivity (Wildman–Crippen MR) is 72.4 cm³/mol. The first-order valence-electron chi connectivity index (χ1n) is 5.99. The van der Waals surface area contributed by atoms with Crippen molar-refractivity contribution in [3.8, 4) is 12.3 Å². The molecule has 2 nitrogen and oxygen atoms in total. The molecule has 0 aliphatic rings. The van der Waals surface area contributed by atoms with E-state index in [-0.39, 0.29) is 0 Å². The Morgan fingerprint density at radius 1 is 1.00 bits per heavy atom. The van der Waals surface area contributed by atoms with Gasteiger partial charge in [0.25, 0.3) is 0 Å². The lowest BCUT2D eigenvalue weighted by Gasteiger charge is -2.13. The average molecular weight is 234 g/mol. The summed E-state index contributed by atoms with van der Waals surface area (Å²) in [5.74, 6) is 2.34. The van der Waals surface area contributed by atoms with Gasteiger partial charge in [0.2, 0.25) is 0 Å². The van der Waals surface area contributed by atoms with Crippen LogP contribution in [0.1, 0.15) is 32.6 Å². The quantitative estimate of drug-likeness (QED) is 0.500. The van der Waals surface area contributed by atoms with E-state index in [0.29, 0.717) is 12.8 Å². The molecule has 0 bridgehead atoms. The van der Waals surface area contributed by atoms with E-state index < -0.39 is 12.2 Å². The molecule has 17 heavy (non-hydrogen) atoms. The minimum absolute atomic E-state index is 0.384. The molecule has 0 aromatic rings. The Morgan fingerprint density at radius 2 is 1.59 bits per heavy atom. The summed E-state index contributed by atoms with van der Waals surface area (Å²) in [5.41, 5.74) is 0. The molecule has 0 amide bonds. The van der Waals surface area contributed by atoms with Crippen LogP contribution < -0.4 is 0 Å². The van der Waals surface area contributed by atoms with Gasteiger partial charge < -0.3 is 10.2 Å². The molecule has 0 spiro atoms. The highest BCUT2D eigenvalue weighted by Crippen LogP contribution is 2.05. The van der Waals surface area contributed by atoms with E-state index in [1.165, 1.54) is 6.08 Å². The Labute approximate surface area is 104 Å². The summed E-state index contributed by atoms with van der Waals surface area (Å²) in [4.78, 5) is 0. The van der Waals surface area contributed by atoms with Crippen molar-refractivity contribution in [2.45, 2.75) is 44.8 Å². The molecule has 0 fully saturated rings. The van der Waals surface area contributed by atoms with Crippen LogP contribution in [0.3, 0.4) is 0 Å². The molecule has 0 radical (unpaired) electrons. The topological polar surface area (TPSA) is 40.5 Å². The molecular formula is C15H22O2. The molecule has 94 valence electrons. The van der Waals surface area contributed by atoms with Crippen LogP contribution in [0.2, 0.25) is 0 Å². The second-order valence-corrected chi connectivity index (χ2v) is 3.76. The molecule has 0 aliphatic heterocycles. The first-order chi connectivity index (χ1) is 8.22. The van der Waals surface area contributed by atoms with Crippen molar-refractivity contribution in [3.63, 3.8) is 0 Å². The minimum Gasteiger partial charge on any atom is -0.390 e. The van der Waals surface area contributed by atoms with Crippen LogP contribution in [0, 0.1) is 12.3 Å². The van der Waals surface area contributed by atoms with E-state index in [4.69, 9.17) is 6.42 Å². The maximum atomic E-state index is 9.61. The Kier molecular flexibility index (Phi) is 10.3. The van der Waals surface area contributed by atoms with Crippen molar-refractivity contribution in [2.75, 3.05) is 0 Å². The monoisotopic (exact) mass is 234 g/mol. The van der Waals surface area contributed by atoms with Crippen molar-refractivity contribution in [1.82, 2.24) is 0 Å². The number of aliphatic hydroxyl groups excluding tert-OH is 2. The van der Waals surface area contributed by atoms with Gasteiger partial charge in [-0.1, -0.05) is 43.2 Å². The van der Waals surface area contributed by atoms with Crippen LogP contribution in [0.4, 0.5) is 0 Å². The van der Waals surface area contributed by atoms with Crippen molar-refractivity contribution >= 4 is 0 Å². The second kappa shape index (κ2) is 11.2. The zero-order valence-electron chi connectivity index (χ0n) is 10.4. The van der Waals surface area contributed by atoms with E-state index in [1.54, 1.807) is 6.08 Å². The van der Waals surface area contributed by atoms with Crippen LogP contribution in [-0.4, -0.2) is 22.4 Å².